The Labute approximate surface area is 147 Å². The monoisotopic (exact) mass is 370 g/mol. The number of amides is 1. The van der Waals surface area contributed by atoms with Crippen molar-refractivity contribution in [2.45, 2.75) is 24.8 Å². The normalized spacial score (nSPS) is 16.9. The second kappa shape index (κ2) is 8.41. The van der Waals surface area contributed by atoms with E-state index >= 15 is 0 Å². The minimum absolute atomic E-state index is 0.115. The molecule has 0 bridgehead atoms. The van der Waals surface area contributed by atoms with Gasteiger partial charge in [-0.2, -0.15) is 4.31 Å². The fourth-order valence-corrected chi connectivity index (χ4v) is 3.73. The quantitative estimate of drug-likeness (QED) is 0.727. The Morgan fingerprint density at radius 1 is 1.24 bits per heavy atom. The molecule has 0 radical (unpaired) electrons. The summed E-state index contributed by atoms with van der Waals surface area (Å²) in [6.07, 6.45) is 0. The number of carbonyl (C=O) groups excluding carboxylic acids is 2. The van der Waals surface area contributed by atoms with Gasteiger partial charge in [-0.05, 0) is 38.1 Å². The number of ether oxygens (including phenoxy) is 2. The van der Waals surface area contributed by atoms with E-state index in [1.54, 1.807) is 6.92 Å². The van der Waals surface area contributed by atoms with Gasteiger partial charge in [0.25, 0.3) is 5.91 Å². The van der Waals surface area contributed by atoms with Crippen molar-refractivity contribution in [2.24, 2.45) is 0 Å². The minimum atomic E-state index is -3.60. The zero-order valence-corrected chi connectivity index (χ0v) is 15.0. The maximum atomic E-state index is 12.5. The van der Waals surface area contributed by atoms with E-state index in [1.807, 2.05) is 0 Å². The summed E-state index contributed by atoms with van der Waals surface area (Å²) in [5.41, 5.74) is 0.261. The van der Waals surface area contributed by atoms with Crippen molar-refractivity contribution in [2.75, 3.05) is 32.9 Å². The fraction of sp³-hybridized carbons (Fsp3) is 0.500. The molecule has 1 unspecified atom stereocenters. The van der Waals surface area contributed by atoms with Gasteiger partial charge < -0.3 is 14.8 Å². The van der Waals surface area contributed by atoms with E-state index in [1.165, 1.54) is 35.5 Å². The number of nitrogens with one attached hydrogen (secondary N) is 1. The molecule has 1 N–H and O–H groups in total. The predicted octanol–water partition coefficient (Wildman–Crippen LogP) is 0.389. The SMILES string of the molecule is CCOC(=O)C(C)NC(=O)c1ccc(S(=O)(=O)N2CCOCC2)cc1. The largest absolute Gasteiger partial charge is 0.464 e. The molecule has 1 amide bonds. The van der Waals surface area contributed by atoms with E-state index in [4.69, 9.17) is 9.47 Å². The number of benzene rings is 1. The molecule has 0 saturated carbocycles. The van der Waals surface area contributed by atoms with Gasteiger partial charge in [0.15, 0.2) is 0 Å². The molecule has 1 saturated heterocycles. The van der Waals surface area contributed by atoms with E-state index in [9.17, 15) is 18.0 Å². The number of sulfonamides is 1. The molecule has 8 nitrogen and oxygen atoms in total. The summed E-state index contributed by atoms with van der Waals surface area (Å²) in [6.45, 7) is 4.78. The van der Waals surface area contributed by atoms with E-state index < -0.39 is 27.9 Å². The number of hydrogen-bond acceptors (Lipinski definition) is 6. The highest BCUT2D eigenvalue weighted by Gasteiger charge is 2.26. The van der Waals surface area contributed by atoms with Crippen LogP contribution in [0.1, 0.15) is 24.2 Å². The van der Waals surface area contributed by atoms with Gasteiger partial charge in [-0.15, -0.1) is 0 Å². The molecule has 1 fully saturated rings. The molecule has 2 rings (SSSR count). The highest BCUT2D eigenvalue weighted by atomic mass is 32.2. The van der Waals surface area contributed by atoms with Gasteiger partial charge in [-0.1, -0.05) is 0 Å². The van der Waals surface area contributed by atoms with Crippen molar-refractivity contribution >= 4 is 21.9 Å². The summed E-state index contributed by atoms with van der Waals surface area (Å²) in [5.74, 6) is -1.00. The lowest BCUT2D eigenvalue weighted by Gasteiger charge is -2.26. The Hall–Kier alpha value is -1.97. The van der Waals surface area contributed by atoms with Crippen LogP contribution in [0, 0.1) is 0 Å². The Balaban J connectivity index is 2.06. The van der Waals surface area contributed by atoms with E-state index in [0.717, 1.165) is 0 Å². The molecule has 1 aliphatic heterocycles. The lowest BCUT2D eigenvalue weighted by Crippen LogP contribution is -2.40. The van der Waals surface area contributed by atoms with Crippen LogP contribution in [0.5, 0.6) is 0 Å². The second-order valence-electron chi connectivity index (χ2n) is 5.49. The zero-order chi connectivity index (χ0) is 18.4. The van der Waals surface area contributed by atoms with Crippen LogP contribution in [0.4, 0.5) is 0 Å². The topological polar surface area (TPSA) is 102 Å². The molecular formula is C16H22N2O6S. The average Bonchev–Trinajstić information content (AvgIpc) is 2.62. The lowest BCUT2D eigenvalue weighted by atomic mass is 10.2. The Morgan fingerprint density at radius 3 is 2.40 bits per heavy atom. The summed E-state index contributed by atoms with van der Waals surface area (Å²) >= 11 is 0. The van der Waals surface area contributed by atoms with Crippen molar-refractivity contribution in [3.63, 3.8) is 0 Å². The summed E-state index contributed by atoms with van der Waals surface area (Å²) in [4.78, 5) is 23.8. The number of carbonyl (C=O) groups is 2. The maximum absolute atomic E-state index is 12.5. The maximum Gasteiger partial charge on any atom is 0.328 e. The number of hydrogen-bond donors (Lipinski definition) is 1. The van der Waals surface area contributed by atoms with Gasteiger partial charge in [0.05, 0.1) is 24.7 Å². The molecule has 0 aromatic heterocycles. The highest BCUT2D eigenvalue weighted by molar-refractivity contribution is 7.89. The molecule has 0 aliphatic carbocycles. The first-order valence-corrected chi connectivity index (χ1v) is 9.45. The van der Waals surface area contributed by atoms with Crippen LogP contribution in [0.2, 0.25) is 0 Å². The third kappa shape index (κ3) is 4.77. The molecule has 1 aromatic carbocycles. The number of morpholine rings is 1. The molecular weight excluding hydrogens is 348 g/mol. The molecule has 0 spiro atoms. The van der Waals surface area contributed by atoms with Crippen LogP contribution < -0.4 is 5.32 Å². The molecule has 9 heteroatoms. The zero-order valence-electron chi connectivity index (χ0n) is 14.2. The molecule has 1 heterocycles. The number of nitrogens with zero attached hydrogens (tertiary/aromatic N) is 1. The fourth-order valence-electron chi connectivity index (χ4n) is 2.32. The summed E-state index contributed by atoms with van der Waals surface area (Å²) < 4.78 is 36.4. The van der Waals surface area contributed by atoms with Gasteiger partial charge in [0.1, 0.15) is 6.04 Å². The summed E-state index contributed by atoms with van der Waals surface area (Å²) in [5, 5.41) is 2.51. The van der Waals surface area contributed by atoms with Crippen LogP contribution >= 0.6 is 0 Å². The van der Waals surface area contributed by atoms with Crippen LogP contribution in [-0.4, -0.2) is 63.6 Å². The summed E-state index contributed by atoms with van der Waals surface area (Å²) in [7, 11) is -3.60. The van der Waals surface area contributed by atoms with Crippen molar-refractivity contribution < 1.29 is 27.5 Å². The average molecular weight is 370 g/mol. The molecule has 1 aliphatic rings. The van der Waals surface area contributed by atoms with Crippen molar-refractivity contribution in [1.29, 1.82) is 0 Å². The van der Waals surface area contributed by atoms with Gasteiger partial charge in [-0.3, -0.25) is 4.79 Å². The predicted molar refractivity (Wildman–Crippen MR) is 89.6 cm³/mol. The minimum Gasteiger partial charge on any atom is -0.464 e. The standard InChI is InChI=1S/C16H22N2O6S/c1-3-24-16(20)12(2)17-15(19)13-4-6-14(7-5-13)25(21,22)18-8-10-23-11-9-18/h4-7,12H,3,8-11H2,1-2H3,(H,17,19). The molecule has 138 valence electrons. The van der Waals surface area contributed by atoms with Crippen LogP contribution in [-0.2, 0) is 24.3 Å². The van der Waals surface area contributed by atoms with Gasteiger partial charge in [-0.25, -0.2) is 13.2 Å². The van der Waals surface area contributed by atoms with Crippen LogP contribution in [0.3, 0.4) is 0 Å². The number of rotatable bonds is 6. The Bertz CT molecular complexity index is 711. The molecule has 1 aromatic rings. The van der Waals surface area contributed by atoms with Crippen LogP contribution in [0.15, 0.2) is 29.2 Å². The van der Waals surface area contributed by atoms with Gasteiger partial charge in [0.2, 0.25) is 10.0 Å². The van der Waals surface area contributed by atoms with Crippen LogP contribution in [0.25, 0.3) is 0 Å². The number of esters is 1. The van der Waals surface area contributed by atoms with Crippen molar-refractivity contribution in [1.82, 2.24) is 9.62 Å². The van der Waals surface area contributed by atoms with Crippen molar-refractivity contribution in [3.05, 3.63) is 29.8 Å². The molecule has 1 atom stereocenters. The first-order valence-electron chi connectivity index (χ1n) is 8.01. The summed E-state index contributed by atoms with van der Waals surface area (Å²) in [6, 6.07) is 4.81. The highest BCUT2D eigenvalue weighted by Crippen LogP contribution is 2.17. The first kappa shape index (κ1) is 19.4. The van der Waals surface area contributed by atoms with Gasteiger partial charge in [0, 0.05) is 18.7 Å². The third-order valence-corrected chi connectivity index (χ3v) is 5.62. The van der Waals surface area contributed by atoms with E-state index in [-0.39, 0.29) is 17.1 Å². The lowest BCUT2D eigenvalue weighted by molar-refractivity contribution is -0.144. The second-order valence-corrected chi connectivity index (χ2v) is 7.43. The van der Waals surface area contributed by atoms with E-state index in [2.05, 4.69) is 5.32 Å². The van der Waals surface area contributed by atoms with Gasteiger partial charge >= 0.3 is 5.97 Å². The Morgan fingerprint density at radius 2 is 1.84 bits per heavy atom. The first-order chi connectivity index (χ1) is 11.9. The Kier molecular flexibility index (Phi) is 6.51. The smallest absolute Gasteiger partial charge is 0.328 e. The molecule has 25 heavy (non-hydrogen) atoms. The van der Waals surface area contributed by atoms with E-state index in [0.29, 0.717) is 26.3 Å². The van der Waals surface area contributed by atoms with Crippen molar-refractivity contribution in [3.8, 4) is 0 Å². The third-order valence-electron chi connectivity index (χ3n) is 3.71.